The average molecular weight is 436 g/mol. The Kier molecular flexibility index (Phi) is 7.43. The Morgan fingerprint density at radius 1 is 1.23 bits per heavy atom. The highest BCUT2D eigenvalue weighted by atomic mass is 31.2. The maximum absolute atomic E-state index is 12.9. The van der Waals surface area contributed by atoms with Crippen LogP contribution in [0.1, 0.15) is 50.9 Å². The zero-order valence-corrected chi connectivity index (χ0v) is 18.2. The molecular formula is C20H25N2O7P. The van der Waals surface area contributed by atoms with E-state index in [1.807, 2.05) is 13.8 Å². The number of hydroxylamine groups is 2. The predicted octanol–water partition coefficient (Wildman–Crippen LogP) is 3.32. The second-order valence-electron chi connectivity index (χ2n) is 7.54. The Bertz CT molecular complexity index is 887. The smallest absolute Gasteiger partial charge is 0.367 e. The molecule has 0 bridgehead atoms. The van der Waals surface area contributed by atoms with Gasteiger partial charge >= 0.3 is 13.5 Å². The molecule has 1 heterocycles. The van der Waals surface area contributed by atoms with Crippen LogP contribution in [0.5, 0.6) is 0 Å². The molecule has 1 aromatic rings. The van der Waals surface area contributed by atoms with Crippen molar-refractivity contribution in [1.29, 1.82) is 0 Å². The van der Waals surface area contributed by atoms with Gasteiger partial charge in [-0.3, -0.25) is 18.7 Å². The summed E-state index contributed by atoms with van der Waals surface area (Å²) in [4.78, 5) is 40.1. The van der Waals surface area contributed by atoms with Gasteiger partial charge in [-0.2, -0.15) is 0 Å². The first kappa shape index (κ1) is 23.6. The maximum Gasteiger partial charge on any atom is 0.367 e. The highest BCUT2D eigenvalue weighted by Gasteiger charge is 2.34. The number of nitrogens with zero attached hydrogens (tertiary/aromatic N) is 1. The minimum Gasteiger partial charge on any atom is -0.376 e. The molecule has 1 aliphatic rings. The summed E-state index contributed by atoms with van der Waals surface area (Å²) in [5, 5.41) is 3.14. The third-order valence-electron chi connectivity index (χ3n) is 3.89. The second-order valence-corrected chi connectivity index (χ2v) is 9.31. The van der Waals surface area contributed by atoms with Crippen LogP contribution in [-0.2, 0) is 28.3 Å². The summed E-state index contributed by atoms with van der Waals surface area (Å²) in [6, 6.07) is 5.66. The molecule has 2 rings (SSSR count). The van der Waals surface area contributed by atoms with Gasteiger partial charge < -0.3 is 14.7 Å². The number of terminal acetylenes is 1. The molecule has 1 atom stereocenters. The molecule has 1 unspecified atom stereocenters. The molecule has 9 nitrogen and oxygen atoms in total. The summed E-state index contributed by atoms with van der Waals surface area (Å²) < 4.78 is 24.1. The molecule has 0 saturated carbocycles. The first-order chi connectivity index (χ1) is 13.9. The fraction of sp³-hybridized carbons (Fsp3) is 0.450. The lowest BCUT2D eigenvalue weighted by Crippen LogP contribution is -2.32. The van der Waals surface area contributed by atoms with Crippen molar-refractivity contribution >= 4 is 31.0 Å². The minimum absolute atomic E-state index is 0.00883. The quantitative estimate of drug-likeness (QED) is 0.357. The number of carbonyl (C=O) groups excluding carboxylic acids is 3. The van der Waals surface area contributed by atoms with Crippen LogP contribution in [-0.4, -0.2) is 41.2 Å². The van der Waals surface area contributed by atoms with Crippen molar-refractivity contribution < 1.29 is 33.0 Å². The Morgan fingerprint density at radius 2 is 1.80 bits per heavy atom. The lowest BCUT2D eigenvalue weighted by molar-refractivity contribution is -0.172. The van der Waals surface area contributed by atoms with Crippen LogP contribution in [0.4, 0.5) is 5.69 Å². The molecule has 30 heavy (non-hydrogen) atoms. The molecule has 1 saturated heterocycles. The van der Waals surface area contributed by atoms with Crippen LogP contribution in [0.2, 0.25) is 0 Å². The SMILES string of the molecule is C#CP(=O)(Nc1ccc(C(=O)ON2C(=O)CCC2=O)cc1)OC(C)(C)COC(C)C. The van der Waals surface area contributed by atoms with E-state index in [1.54, 1.807) is 13.8 Å². The number of nitrogens with one attached hydrogen (secondary N) is 1. The van der Waals surface area contributed by atoms with E-state index in [0.29, 0.717) is 10.8 Å². The zero-order valence-electron chi connectivity index (χ0n) is 17.3. The molecule has 2 amide bonds. The average Bonchev–Trinajstić information content (AvgIpc) is 2.98. The normalized spacial score (nSPS) is 16.3. The Hall–Kier alpha value is -2.66. The molecule has 1 N–H and O–H groups in total. The van der Waals surface area contributed by atoms with Gasteiger partial charge in [0.15, 0.2) is 0 Å². The largest absolute Gasteiger partial charge is 0.376 e. The van der Waals surface area contributed by atoms with Gasteiger partial charge in [-0.1, -0.05) is 0 Å². The second kappa shape index (κ2) is 9.43. The topological polar surface area (TPSA) is 111 Å². The molecule has 1 fully saturated rings. The minimum atomic E-state index is -3.70. The van der Waals surface area contributed by atoms with Crippen molar-refractivity contribution in [3.05, 3.63) is 29.8 Å². The van der Waals surface area contributed by atoms with E-state index >= 15 is 0 Å². The fourth-order valence-electron chi connectivity index (χ4n) is 2.47. The van der Waals surface area contributed by atoms with Crippen molar-refractivity contribution in [3.8, 4) is 12.1 Å². The molecule has 1 aliphatic heterocycles. The van der Waals surface area contributed by atoms with Crippen molar-refractivity contribution in [2.75, 3.05) is 11.7 Å². The van der Waals surface area contributed by atoms with Gasteiger partial charge in [-0.25, -0.2) is 4.79 Å². The molecule has 0 aliphatic carbocycles. The summed E-state index contributed by atoms with van der Waals surface area (Å²) in [7, 11) is -3.70. The van der Waals surface area contributed by atoms with Crippen LogP contribution in [0.25, 0.3) is 0 Å². The Morgan fingerprint density at radius 3 is 2.30 bits per heavy atom. The van der Waals surface area contributed by atoms with Crippen molar-refractivity contribution in [3.63, 3.8) is 0 Å². The number of benzene rings is 1. The first-order valence-corrected chi connectivity index (χ1v) is 10.9. The van der Waals surface area contributed by atoms with Gasteiger partial charge in [0, 0.05) is 24.2 Å². The van der Waals surface area contributed by atoms with Gasteiger partial charge in [-0.05, 0) is 52.0 Å². The Labute approximate surface area is 175 Å². The number of imide groups is 1. The van der Waals surface area contributed by atoms with E-state index in [2.05, 4.69) is 10.7 Å². The number of anilines is 1. The van der Waals surface area contributed by atoms with Crippen molar-refractivity contribution in [2.24, 2.45) is 0 Å². The van der Waals surface area contributed by atoms with E-state index in [9.17, 15) is 18.9 Å². The lowest BCUT2D eigenvalue weighted by atomic mass is 10.2. The zero-order chi connectivity index (χ0) is 22.5. The Balaban J connectivity index is 2.03. The van der Waals surface area contributed by atoms with Crippen LogP contribution < -0.4 is 5.09 Å². The highest BCUT2D eigenvalue weighted by molar-refractivity contribution is 7.65. The van der Waals surface area contributed by atoms with Crippen LogP contribution in [0.15, 0.2) is 24.3 Å². The number of ether oxygens (including phenoxy) is 1. The molecule has 0 aromatic heterocycles. The lowest BCUT2D eigenvalue weighted by Gasteiger charge is -2.29. The summed E-state index contributed by atoms with van der Waals surface area (Å²) >= 11 is 0. The number of amides is 2. The van der Waals surface area contributed by atoms with E-state index in [0.717, 1.165) is 0 Å². The predicted molar refractivity (Wildman–Crippen MR) is 109 cm³/mol. The summed E-state index contributed by atoms with van der Waals surface area (Å²) in [6.07, 6.45) is 5.42. The van der Waals surface area contributed by atoms with Crippen molar-refractivity contribution in [1.82, 2.24) is 5.06 Å². The van der Waals surface area contributed by atoms with Crippen LogP contribution in [0.3, 0.4) is 0 Å². The first-order valence-electron chi connectivity index (χ1n) is 9.31. The van der Waals surface area contributed by atoms with E-state index in [1.165, 1.54) is 24.3 Å². The highest BCUT2D eigenvalue weighted by Crippen LogP contribution is 2.49. The van der Waals surface area contributed by atoms with Gasteiger partial charge in [0.2, 0.25) is 0 Å². The van der Waals surface area contributed by atoms with E-state index in [-0.39, 0.29) is 31.1 Å². The molecular weight excluding hydrogens is 411 g/mol. The van der Waals surface area contributed by atoms with Gasteiger partial charge in [-0.15, -0.1) is 11.5 Å². The number of hydrogen-bond acceptors (Lipinski definition) is 7. The van der Waals surface area contributed by atoms with E-state index < -0.39 is 30.9 Å². The summed E-state index contributed by atoms with van der Waals surface area (Å²) in [6.45, 7) is 7.35. The van der Waals surface area contributed by atoms with Crippen LogP contribution in [0, 0.1) is 12.1 Å². The number of rotatable bonds is 9. The molecule has 0 radical (unpaired) electrons. The van der Waals surface area contributed by atoms with Gasteiger partial charge in [0.1, 0.15) is 0 Å². The monoisotopic (exact) mass is 436 g/mol. The molecule has 1 aromatic carbocycles. The number of hydrogen-bond donors (Lipinski definition) is 1. The maximum atomic E-state index is 12.9. The van der Waals surface area contributed by atoms with Crippen LogP contribution >= 0.6 is 7.52 Å². The van der Waals surface area contributed by atoms with E-state index in [4.69, 9.17) is 20.5 Å². The van der Waals surface area contributed by atoms with Gasteiger partial charge in [0.05, 0.1) is 23.9 Å². The molecule has 10 heteroatoms. The third-order valence-corrected chi connectivity index (χ3v) is 5.53. The fourth-order valence-corrected chi connectivity index (χ4v) is 3.87. The standard InChI is InChI=1S/C20H25N2O7P/c1-6-30(26,29-20(4,5)13-27-14(2)3)21-16-9-7-15(8-10-16)19(25)28-22-17(23)11-12-18(22)24/h1,7-10,14H,11-13H2,2-5H3,(H,21,26). The summed E-state index contributed by atoms with van der Waals surface area (Å²) in [5.41, 5.74) is 1.70. The van der Waals surface area contributed by atoms with Gasteiger partial charge in [0.25, 0.3) is 11.8 Å². The molecule has 162 valence electrons. The van der Waals surface area contributed by atoms with Crippen molar-refractivity contribution in [2.45, 2.75) is 52.2 Å². The number of carbonyl (C=O) groups is 3. The third kappa shape index (κ3) is 6.42. The summed E-state index contributed by atoms with van der Waals surface area (Å²) in [5.74, 6) is -2.00. The molecule has 0 spiro atoms.